The molecule has 0 fully saturated rings. The molecule has 2 N–H and O–H groups in total. The first-order chi connectivity index (χ1) is 10.4. The van der Waals surface area contributed by atoms with Crippen LogP contribution in [0.2, 0.25) is 5.02 Å². The summed E-state index contributed by atoms with van der Waals surface area (Å²) in [6.07, 6.45) is -3.58. The number of hydrogen-bond acceptors (Lipinski definition) is 5. The molecule has 0 saturated heterocycles. The number of aromatic nitrogens is 7. The normalized spacial score (nSPS) is 11.8. The number of alkyl halides is 3. The molecule has 11 heteroatoms. The Morgan fingerprint density at radius 2 is 2.05 bits per heavy atom. The molecule has 0 aliphatic rings. The maximum Gasteiger partial charge on any atom is 0.416 e. The number of aromatic amines is 2. The van der Waals surface area contributed by atoms with Crippen molar-refractivity contribution in [1.29, 1.82) is 0 Å². The summed E-state index contributed by atoms with van der Waals surface area (Å²) in [6, 6.07) is 2.34. The largest absolute Gasteiger partial charge is 0.416 e. The molecule has 2 heterocycles. The van der Waals surface area contributed by atoms with E-state index in [4.69, 9.17) is 11.6 Å². The number of H-pyrrole nitrogens is 2. The van der Waals surface area contributed by atoms with Crippen LogP contribution in [0, 0.1) is 0 Å². The Labute approximate surface area is 125 Å². The van der Waals surface area contributed by atoms with E-state index in [1.807, 2.05) is 0 Å². The van der Waals surface area contributed by atoms with Crippen molar-refractivity contribution >= 4 is 11.6 Å². The third-order valence-electron chi connectivity index (χ3n) is 2.91. The Kier molecular flexibility index (Phi) is 3.53. The molecule has 3 rings (SSSR count). The minimum absolute atomic E-state index is 0.0639. The molecule has 114 valence electrons. The summed E-state index contributed by atoms with van der Waals surface area (Å²) in [5, 5.41) is 18.8. The zero-order chi connectivity index (χ0) is 15.7. The number of nitrogens with zero attached hydrogens (tertiary/aromatic N) is 5. The van der Waals surface area contributed by atoms with Crippen LogP contribution in [0.5, 0.6) is 0 Å². The van der Waals surface area contributed by atoms with Crippen molar-refractivity contribution in [3.8, 4) is 11.4 Å². The van der Waals surface area contributed by atoms with E-state index in [9.17, 15) is 13.2 Å². The average Bonchev–Trinajstić information content (AvgIpc) is 3.12. The van der Waals surface area contributed by atoms with E-state index in [1.54, 1.807) is 0 Å². The molecular weight excluding hydrogens is 323 g/mol. The van der Waals surface area contributed by atoms with Crippen molar-refractivity contribution < 1.29 is 13.2 Å². The zero-order valence-corrected chi connectivity index (χ0v) is 11.4. The first kappa shape index (κ1) is 14.4. The maximum atomic E-state index is 13.3. The molecule has 0 spiro atoms. The van der Waals surface area contributed by atoms with Crippen molar-refractivity contribution in [3.05, 3.63) is 40.4 Å². The summed E-state index contributed by atoms with van der Waals surface area (Å²) in [6.45, 7) is 0. The van der Waals surface area contributed by atoms with Gasteiger partial charge in [-0.1, -0.05) is 16.8 Å². The van der Waals surface area contributed by atoms with Gasteiger partial charge in [-0.2, -0.15) is 23.5 Å². The molecule has 0 aliphatic carbocycles. The summed E-state index contributed by atoms with van der Waals surface area (Å²) in [4.78, 5) is 3.82. The average molecular weight is 330 g/mol. The molecule has 0 unspecified atom stereocenters. The third kappa shape index (κ3) is 2.77. The van der Waals surface area contributed by atoms with Crippen LogP contribution in [0.4, 0.5) is 13.2 Å². The van der Waals surface area contributed by atoms with Gasteiger partial charge in [0.1, 0.15) is 6.33 Å². The van der Waals surface area contributed by atoms with Crippen molar-refractivity contribution in [2.45, 2.75) is 12.6 Å². The fourth-order valence-corrected chi connectivity index (χ4v) is 2.25. The van der Waals surface area contributed by atoms with Crippen molar-refractivity contribution in [3.63, 3.8) is 0 Å². The SMILES string of the molecule is FC(F)(F)c1cc(-c2ncn[nH]2)cc(Cl)c1Cc1nn[nH]n1. The van der Waals surface area contributed by atoms with Crippen LogP contribution in [-0.4, -0.2) is 35.8 Å². The van der Waals surface area contributed by atoms with Gasteiger partial charge in [0.05, 0.1) is 5.56 Å². The molecule has 22 heavy (non-hydrogen) atoms. The number of halogens is 4. The maximum absolute atomic E-state index is 13.3. The fraction of sp³-hybridized carbons (Fsp3) is 0.182. The summed E-state index contributed by atoms with van der Waals surface area (Å²) < 4.78 is 39.9. The lowest BCUT2D eigenvalue weighted by molar-refractivity contribution is -0.138. The molecular formula is C11H7ClF3N7. The fourth-order valence-electron chi connectivity index (χ4n) is 1.97. The van der Waals surface area contributed by atoms with Gasteiger partial charge in [0.2, 0.25) is 0 Å². The monoisotopic (exact) mass is 329 g/mol. The van der Waals surface area contributed by atoms with Gasteiger partial charge in [-0.25, -0.2) is 4.98 Å². The molecule has 0 aliphatic heterocycles. The van der Waals surface area contributed by atoms with Crippen LogP contribution >= 0.6 is 11.6 Å². The van der Waals surface area contributed by atoms with E-state index in [0.29, 0.717) is 0 Å². The highest BCUT2D eigenvalue weighted by Gasteiger charge is 2.35. The molecule has 0 radical (unpaired) electrons. The second-order valence-corrected chi connectivity index (χ2v) is 4.73. The number of nitrogens with one attached hydrogen (secondary N) is 2. The number of hydrogen-bond donors (Lipinski definition) is 2. The quantitative estimate of drug-likeness (QED) is 0.768. The highest BCUT2D eigenvalue weighted by atomic mass is 35.5. The van der Waals surface area contributed by atoms with Gasteiger partial charge < -0.3 is 0 Å². The van der Waals surface area contributed by atoms with Crippen LogP contribution in [0.3, 0.4) is 0 Å². The van der Waals surface area contributed by atoms with E-state index in [0.717, 1.165) is 6.07 Å². The summed E-state index contributed by atoms with van der Waals surface area (Å²) >= 11 is 6.03. The molecule has 1 aromatic carbocycles. The Morgan fingerprint density at radius 3 is 2.64 bits per heavy atom. The van der Waals surface area contributed by atoms with Gasteiger partial charge in [-0.05, 0) is 17.7 Å². The van der Waals surface area contributed by atoms with Gasteiger partial charge in [0.25, 0.3) is 0 Å². The van der Waals surface area contributed by atoms with Crippen molar-refractivity contribution in [1.82, 2.24) is 35.8 Å². The second-order valence-electron chi connectivity index (χ2n) is 4.32. The summed E-state index contributed by atoms with van der Waals surface area (Å²) in [5.74, 6) is 0.304. The Bertz CT molecular complexity index is 768. The van der Waals surface area contributed by atoms with Crippen LogP contribution in [0.25, 0.3) is 11.4 Å². The highest BCUT2D eigenvalue weighted by Crippen LogP contribution is 2.38. The van der Waals surface area contributed by atoms with Gasteiger partial charge in [0.15, 0.2) is 11.6 Å². The van der Waals surface area contributed by atoms with Crippen molar-refractivity contribution in [2.24, 2.45) is 0 Å². The molecule has 7 nitrogen and oxygen atoms in total. The van der Waals surface area contributed by atoms with Gasteiger partial charge in [0, 0.05) is 17.0 Å². The Balaban J connectivity index is 2.12. The molecule has 3 aromatic rings. The highest BCUT2D eigenvalue weighted by molar-refractivity contribution is 6.31. The molecule has 2 aromatic heterocycles. The third-order valence-corrected chi connectivity index (χ3v) is 3.25. The minimum Gasteiger partial charge on any atom is -0.259 e. The summed E-state index contributed by atoms with van der Waals surface area (Å²) in [5.41, 5.74) is -0.818. The van der Waals surface area contributed by atoms with Crippen LogP contribution in [0.1, 0.15) is 17.0 Å². The Morgan fingerprint density at radius 1 is 1.23 bits per heavy atom. The topological polar surface area (TPSA) is 96.0 Å². The number of tetrazole rings is 1. The predicted octanol–water partition coefficient (Wildman–Crippen LogP) is 2.25. The van der Waals surface area contributed by atoms with Gasteiger partial charge in [-0.3, -0.25) is 5.10 Å². The first-order valence-corrected chi connectivity index (χ1v) is 6.30. The number of rotatable bonds is 3. The van der Waals surface area contributed by atoms with E-state index in [-0.39, 0.29) is 34.2 Å². The van der Waals surface area contributed by atoms with E-state index >= 15 is 0 Å². The molecule has 0 bridgehead atoms. The van der Waals surface area contributed by atoms with Gasteiger partial charge >= 0.3 is 6.18 Å². The first-order valence-electron chi connectivity index (χ1n) is 5.93. The van der Waals surface area contributed by atoms with E-state index < -0.39 is 11.7 Å². The zero-order valence-electron chi connectivity index (χ0n) is 10.7. The van der Waals surface area contributed by atoms with E-state index in [2.05, 4.69) is 35.8 Å². The number of benzene rings is 1. The van der Waals surface area contributed by atoms with Crippen LogP contribution in [-0.2, 0) is 12.6 Å². The predicted molar refractivity (Wildman–Crippen MR) is 68.8 cm³/mol. The van der Waals surface area contributed by atoms with Gasteiger partial charge in [-0.15, -0.1) is 10.2 Å². The Hall–Kier alpha value is -2.49. The lowest BCUT2D eigenvalue weighted by Crippen LogP contribution is -2.11. The standard InChI is InChI=1S/C11H7ClF3N7/c12-8-2-5(10-16-4-17-20-10)1-7(11(13,14)15)6(8)3-9-18-21-22-19-9/h1-2,4H,3H2,(H,16,17,20)(H,18,19,21,22). The molecule has 0 amide bonds. The van der Waals surface area contributed by atoms with Crippen LogP contribution in [0.15, 0.2) is 18.5 Å². The molecule has 0 atom stereocenters. The molecule has 0 saturated carbocycles. The van der Waals surface area contributed by atoms with Crippen LogP contribution < -0.4 is 0 Å². The lowest BCUT2D eigenvalue weighted by Gasteiger charge is -2.15. The minimum atomic E-state index is -4.58. The second kappa shape index (κ2) is 5.37. The van der Waals surface area contributed by atoms with E-state index in [1.165, 1.54) is 12.4 Å². The smallest absolute Gasteiger partial charge is 0.259 e. The lowest BCUT2D eigenvalue weighted by atomic mass is 10.00. The summed E-state index contributed by atoms with van der Waals surface area (Å²) in [7, 11) is 0. The van der Waals surface area contributed by atoms with Crippen molar-refractivity contribution in [2.75, 3.05) is 0 Å².